The van der Waals surface area contributed by atoms with Crippen LogP contribution in [-0.4, -0.2) is 54.4 Å². The summed E-state index contributed by atoms with van der Waals surface area (Å²) >= 11 is 0. The predicted molar refractivity (Wildman–Crippen MR) is 78.5 cm³/mol. The van der Waals surface area contributed by atoms with Gasteiger partial charge < -0.3 is 15.4 Å². The Labute approximate surface area is 137 Å². The average Bonchev–Trinajstić information content (AvgIpc) is 2.51. The first-order valence-electron chi connectivity index (χ1n) is 6.41. The lowest BCUT2D eigenvalue weighted by molar-refractivity contribution is -0.148. The van der Waals surface area contributed by atoms with Crippen LogP contribution in [0.25, 0.3) is 0 Å². The highest BCUT2D eigenvalue weighted by atomic mass is 35.5. The van der Waals surface area contributed by atoms with Gasteiger partial charge in [-0.15, -0.1) is 12.4 Å². The van der Waals surface area contributed by atoms with Crippen LogP contribution in [0.15, 0.2) is 18.3 Å². The molecule has 0 radical (unpaired) electrons. The molecule has 10 heteroatoms. The number of carbonyl (C=O) groups excluding carboxylic acids is 1. The second-order valence-corrected chi connectivity index (χ2v) is 4.74. The first-order valence-corrected chi connectivity index (χ1v) is 6.41. The van der Waals surface area contributed by atoms with Crippen LogP contribution in [0.5, 0.6) is 5.88 Å². The van der Waals surface area contributed by atoms with Gasteiger partial charge in [0.2, 0.25) is 5.88 Å². The van der Waals surface area contributed by atoms with Crippen LogP contribution in [0.1, 0.15) is 17.3 Å². The van der Waals surface area contributed by atoms with Gasteiger partial charge in [-0.05, 0) is 13.0 Å². The van der Waals surface area contributed by atoms with Crippen LogP contribution in [0.4, 0.5) is 17.6 Å². The molecule has 1 aromatic heterocycles. The Morgan fingerprint density at radius 2 is 2.04 bits per heavy atom. The molecule has 0 aliphatic heterocycles. The van der Waals surface area contributed by atoms with E-state index in [2.05, 4.69) is 9.72 Å². The van der Waals surface area contributed by atoms with E-state index in [0.717, 1.165) is 12.3 Å². The molecular weight excluding hydrogens is 342 g/mol. The van der Waals surface area contributed by atoms with E-state index < -0.39 is 19.0 Å². The van der Waals surface area contributed by atoms with Crippen molar-refractivity contribution in [3.63, 3.8) is 0 Å². The van der Waals surface area contributed by atoms with Crippen LogP contribution < -0.4 is 10.5 Å². The number of halogens is 5. The standard InChI is InChI=1S/C13H17F4N3O2.ClH/c1-8(5-18)20(2)11(21)9-3-4-10(19-6-9)22-7-13(16,17)12(14)15;/h3-4,6,8,12H,5,7,18H2,1-2H3;1H. The third kappa shape index (κ3) is 5.83. The molecule has 1 unspecified atom stereocenters. The molecule has 1 amide bonds. The highest BCUT2D eigenvalue weighted by Gasteiger charge is 2.41. The third-order valence-electron chi connectivity index (χ3n) is 3.04. The predicted octanol–water partition coefficient (Wildman–Crippen LogP) is 2.20. The topological polar surface area (TPSA) is 68.5 Å². The number of pyridine rings is 1. The lowest BCUT2D eigenvalue weighted by atomic mass is 10.2. The van der Waals surface area contributed by atoms with Gasteiger partial charge in [-0.2, -0.15) is 8.78 Å². The smallest absolute Gasteiger partial charge is 0.340 e. The Bertz CT molecular complexity index is 502. The Hall–Kier alpha value is -1.61. The minimum Gasteiger partial charge on any atom is -0.471 e. The van der Waals surface area contributed by atoms with Crippen molar-refractivity contribution in [2.45, 2.75) is 25.3 Å². The Morgan fingerprint density at radius 3 is 2.48 bits per heavy atom. The van der Waals surface area contributed by atoms with Crippen molar-refractivity contribution in [3.05, 3.63) is 23.9 Å². The monoisotopic (exact) mass is 359 g/mol. The first-order chi connectivity index (χ1) is 10.2. The van der Waals surface area contributed by atoms with E-state index >= 15 is 0 Å². The van der Waals surface area contributed by atoms with Gasteiger partial charge in [-0.25, -0.2) is 13.8 Å². The largest absolute Gasteiger partial charge is 0.471 e. The molecule has 0 aliphatic carbocycles. The van der Waals surface area contributed by atoms with E-state index in [1.54, 1.807) is 14.0 Å². The maximum Gasteiger partial charge on any atom is 0.340 e. The van der Waals surface area contributed by atoms with Crippen molar-refractivity contribution in [2.75, 3.05) is 20.2 Å². The third-order valence-corrected chi connectivity index (χ3v) is 3.04. The van der Waals surface area contributed by atoms with Gasteiger partial charge in [0.1, 0.15) is 0 Å². The van der Waals surface area contributed by atoms with Gasteiger partial charge in [0.05, 0.1) is 5.56 Å². The number of rotatable bonds is 7. The fraction of sp³-hybridized carbons (Fsp3) is 0.538. The average molecular weight is 360 g/mol. The minimum absolute atomic E-state index is 0. The highest BCUT2D eigenvalue weighted by molar-refractivity contribution is 5.94. The van der Waals surface area contributed by atoms with Gasteiger partial charge in [0.25, 0.3) is 5.91 Å². The molecule has 0 aromatic carbocycles. The van der Waals surface area contributed by atoms with E-state index in [4.69, 9.17) is 5.73 Å². The van der Waals surface area contributed by atoms with Crippen LogP contribution in [0.2, 0.25) is 0 Å². The highest BCUT2D eigenvalue weighted by Crippen LogP contribution is 2.23. The van der Waals surface area contributed by atoms with Gasteiger partial charge in [0, 0.05) is 31.9 Å². The van der Waals surface area contributed by atoms with Gasteiger partial charge in [-0.1, -0.05) is 0 Å². The number of carbonyl (C=O) groups is 1. The van der Waals surface area contributed by atoms with Crippen LogP contribution in [-0.2, 0) is 0 Å². The summed E-state index contributed by atoms with van der Waals surface area (Å²) in [7, 11) is 1.56. The number of likely N-dealkylation sites (N-methyl/N-ethyl adjacent to an activating group) is 1. The van der Waals surface area contributed by atoms with Crippen molar-refractivity contribution < 1.29 is 27.1 Å². The van der Waals surface area contributed by atoms with Crippen molar-refractivity contribution in [2.24, 2.45) is 5.73 Å². The summed E-state index contributed by atoms with van der Waals surface area (Å²) in [5.74, 6) is -4.88. The van der Waals surface area contributed by atoms with Crippen molar-refractivity contribution in [1.82, 2.24) is 9.88 Å². The molecular formula is C13H18ClF4N3O2. The van der Waals surface area contributed by atoms with Gasteiger partial charge in [-0.3, -0.25) is 4.79 Å². The summed E-state index contributed by atoms with van der Waals surface area (Å²) in [5.41, 5.74) is 5.66. The zero-order chi connectivity index (χ0) is 16.9. The molecule has 1 rings (SSSR count). The fourth-order valence-electron chi connectivity index (χ4n) is 1.39. The SMILES string of the molecule is CC(CN)N(C)C(=O)c1ccc(OCC(F)(F)C(F)F)nc1.Cl. The molecule has 2 N–H and O–H groups in total. The summed E-state index contributed by atoms with van der Waals surface area (Å²) in [6, 6.07) is 2.29. The van der Waals surface area contributed by atoms with Gasteiger partial charge in [0.15, 0.2) is 6.61 Å². The molecule has 1 aromatic rings. The van der Waals surface area contributed by atoms with Crippen molar-refractivity contribution >= 4 is 18.3 Å². The zero-order valence-corrected chi connectivity index (χ0v) is 13.3. The minimum atomic E-state index is -4.26. The van der Waals surface area contributed by atoms with Crippen molar-refractivity contribution in [1.29, 1.82) is 0 Å². The second kappa shape index (κ2) is 8.88. The van der Waals surface area contributed by atoms with Gasteiger partial charge >= 0.3 is 12.3 Å². The maximum absolute atomic E-state index is 12.7. The molecule has 0 saturated heterocycles. The number of hydrogen-bond donors (Lipinski definition) is 1. The second-order valence-electron chi connectivity index (χ2n) is 4.74. The molecule has 0 bridgehead atoms. The Kier molecular flexibility index (Phi) is 8.25. The zero-order valence-electron chi connectivity index (χ0n) is 12.5. The first kappa shape index (κ1) is 21.4. The normalized spacial score (nSPS) is 12.5. The summed E-state index contributed by atoms with van der Waals surface area (Å²) < 4.78 is 53.9. The van der Waals surface area contributed by atoms with Crippen molar-refractivity contribution in [3.8, 4) is 5.88 Å². The van der Waals surface area contributed by atoms with E-state index in [0.29, 0.717) is 0 Å². The molecule has 5 nitrogen and oxygen atoms in total. The number of aromatic nitrogens is 1. The molecule has 1 heterocycles. The quantitative estimate of drug-likeness (QED) is 0.758. The maximum atomic E-state index is 12.7. The number of ether oxygens (including phenoxy) is 1. The molecule has 0 spiro atoms. The number of hydrogen-bond acceptors (Lipinski definition) is 4. The Morgan fingerprint density at radius 1 is 1.43 bits per heavy atom. The van der Waals surface area contributed by atoms with E-state index in [9.17, 15) is 22.4 Å². The number of nitrogens with two attached hydrogens (primary N) is 1. The van der Waals surface area contributed by atoms with E-state index in [1.165, 1.54) is 11.0 Å². The summed E-state index contributed by atoms with van der Waals surface area (Å²) in [6.45, 7) is 0.546. The molecule has 132 valence electrons. The molecule has 0 fully saturated rings. The number of amides is 1. The fourth-order valence-corrected chi connectivity index (χ4v) is 1.39. The summed E-state index contributed by atoms with van der Waals surface area (Å²) in [5, 5.41) is 0. The van der Waals surface area contributed by atoms with Crippen LogP contribution >= 0.6 is 12.4 Å². The van der Waals surface area contributed by atoms with E-state index in [1.807, 2.05) is 0 Å². The molecule has 23 heavy (non-hydrogen) atoms. The lowest BCUT2D eigenvalue weighted by Crippen LogP contribution is -2.39. The molecule has 1 atom stereocenters. The summed E-state index contributed by atoms with van der Waals surface area (Å²) in [6.07, 6.45) is -2.70. The van der Waals surface area contributed by atoms with Crippen LogP contribution in [0, 0.1) is 0 Å². The van der Waals surface area contributed by atoms with Crippen LogP contribution in [0.3, 0.4) is 0 Å². The molecule has 0 saturated carbocycles. The number of alkyl halides is 4. The lowest BCUT2D eigenvalue weighted by Gasteiger charge is -2.23. The Balaban J connectivity index is 0.00000484. The summed E-state index contributed by atoms with van der Waals surface area (Å²) in [4.78, 5) is 17.1. The van der Waals surface area contributed by atoms with E-state index in [-0.39, 0.29) is 42.3 Å². The molecule has 0 aliphatic rings. The number of nitrogens with zero attached hydrogens (tertiary/aromatic N) is 2.